The quantitative estimate of drug-likeness (QED) is 0.531. The van der Waals surface area contributed by atoms with E-state index in [2.05, 4.69) is 9.64 Å². The van der Waals surface area contributed by atoms with Crippen LogP contribution in [-0.2, 0) is 24.4 Å². The van der Waals surface area contributed by atoms with E-state index in [1.807, 2.05) is 0 Å². The second-order valence-corrected chi connectivity index (χ2v) is 8.28. The molecule has 11 heteroatoms. The van der Waals surface area contributed by atoms with E-state index < -0.39 is 12.1 Å². The summed E-state index contributed by atoms with van der Waals surface area (Å²) < 4.78 is 43.3. The molecular formula is C24H25F3N4O4. The highest BCUT2D eigenvalue weighted by Crippen LogP contribution is 2.23. The van der Waals surface area contributed by atoms with Crippen LogP contribution in [-0.4, -0.2) is 57.4 Å². The normalized spacial score (nSPS) is 14.9. The number of fused-ring (bicyclic) bond motifs is 1. The zero-order valence-electron chi connectivity index (χ0n) is 19.1. The minimum absolute atomic E-state index is 0.166. The number of piperazine rings is 1. The summed E-state index contributed by atoms with van der Waals surface area (Å²) in [6, 6.07) is 12.5. The molecule has 0 saturated carbocycles. The average molecular weight is 490 g/mol. The lowest BCUT2D eigenvalue weighted by Crippen LogP contribution is -2.50. The van der Waals surface area contributed by atoms with Crippen LogP contribution in [0.4, 0.5) is 13.2 Å². The maximum atomic E-state index is 13.0. The third-order valence-corrected chi connectivity index (χ3v) is 6.03. The van der Waals surface area contributed by atoms with Crippen molar-refractivity contribution in [1.82, 2.24) is 18.9 Å². The molecule has 1 saturated heterocycles. The molecule has 0 spiro atoms. The van der Waals surface area contributed by atoms with Crippen molar-refractivity contribution in [3.05, 3.63) is 74.9 Å². The summed E-state index contributed by atoms with van der Waals surface area (Å²) in [7, 11) is 0. The van der Waals surface area contributed by atoms with E-state index >= 15 is 0 Å². The minimum Gasteiger partial charge on any atom is -0.406 e. The van der Waals surface area contributed by atoms with Gasteiger partial charge in [0.25, 0.3) is 5.56 Å². The van der Waals surface area contributed by atoms with Crippen LogP contribution in [0, 0.1) is 0 Å². The summed E-state index contributed by atoms with van der Waals surface area (Å²) in [6.45, 7) is 4.34. The van der Waals surface area contributed by atoms with Gasteiger partial charge in [0.2, 0.25) is 5.91 Å². The van der Waals surface area contributed by atoms with Gasteiger partial charge in [-0.1, -0.05) is 24.3 Å². The van der Waals surface area contributed by atoms with E-state index in [1.165, 1.54) is 16.7 Å². The molecule has 3 aromatic rings. The summed E-state index contributed by atoms with van der Waals surface area (Å²) in [6.07, 6.45) is -4.73. The first-order valence-corrected chi connectivity index (χ1v) is 11.2. The Morgan fingerprint density at radius 1 is 0.943 bits per heavy atom. The number of halogens is 3. The molecule has 35 heavy (non-hydrogen) atoms. The number of rotatable bonds is 6. The predicted molar refractivity (Wildman–Crippen MR) is 123 cm³/mol. The highest BCUT2D eigenvalue weighted by molar-refractivity contribution is 5.81. The van der Waals surface area contributed by atoms with Crippen molar-refractivity contribution in [3.63, 3.8) is 0 Å². The molecule has 2 aromatic carbocycles. The molecule has 1 aliphatic heterocycles. The number of aromatic nitrogens is 2. The Labute approximate surface area is 198 Å². The minimum atomic E-state index is -4.73. The fourth-order valence-corrected chi connectivity index (χ4v) is 4.25. The van der Waals surface area contributed by atoms with Crippen LogP contribution >= 0.6 is 0 Å². The van der Waals surface area contributed by atoms with Crippen LogP contribution in [0.3, 0.4) is 0 Å². The first kappa shape index (κ1) is 24.5. The molecule has 4 rings (SSSR count). The number of alkyl halides is 3. The van der Waals surface area contributed by atoms with Crippen molar-refractivity contribution in [2.45, 2.75) is 32.9 Å². The molecule has 1 aliphatic rings. The first-order valence-electron chi connectivity index (χ1n) is 11.2. The van der Waals surface area contributed by atoms with Crippen LogP contribution < -0.4 is 16.0 Å². The number of carbonyl (C=O) groups excluding carboxylic acids is 1. The van der Waals surface area contributed by atoms with Crippen LogP contribution in [0.1, 0.15) is 12.5 Å². The van der Waals surface area contributed by atoms with Crippen molar-refractivity contribution >= 4 is 16.8 Å². The maximum Gasteiger partial charge on any atom is 0.573 e. The number of nitrogens with zero attached hydrogens (tertiary/aromatic N) is 4. The highest BCUT2D eigenvalue weighted by atomic mass is 19.4. The molecule has 2 heterocycles. The maximum absolute atomic E-state index is 13.0. The van der Waals surface area contributed by atoms with Crippen LogP contribution in [0.25, 0.3) is 10.9 Å². The molecule has 1 aromatic heterocycles. The van der Waals surface area contributed by atoms with E-state index in [4.69, 9.17) is 0 Å². The number of ether oxygens (including phenoxy) is 1. The Bertz CT molecular complexity index is 1320. The van der Waals surface area contributed by atoms with Gasteiger partial charge in [-0.25, -0.2) is 4.79 Å². The van der Waals surface area contributed by atoms with Gasteiger partial charge in [-0.3, -0.25) is 23.6 Å². The van der Waals surface area contributed by atoms with Gasteiger partial charge in [0, 0.05) is 39.3 Å². The van der Waals surface area contributed by atoms with Gasteiger partial charge in [-0.2, -0.15) is 0 Å². The molecule has 0 bridgehead atoms. The van der Waals surface area contributed by atoms with Crippen LogP contribution in [0.15, 0.2) is 58.1 Å². The van der Waals surface area contributed by atoms with E-state index in [9.17, 15) is 27.6 Å². The lowest BCUT2D eigenvalue weighted by molar-refractivity contribution is -0.274. The molecular weight excluding hydrogens is 465 g/mol. The number of amides is 1. The fraction of sp³-hybridized carbons (Fsp3) is 0.375. The monoisotopic (exact) mass is 490 g/mol. The zero-order chi connectivity index (χ0) is 25.2. The lowest BCUT2D eigenvalue weighted by atomic mass is 10.2. The standard InChI is InChI=1S/C24H25F3N4O4/c1-2-30-22(33)19-5-3-4-6-20(19)31(23(30)34)16-21(32)29-13-11-28(12-14-29)15-17-7-9-18(10-8-17)35-24(25,26)27/h3-10H,2,11-16H2,1H3. The van der Waals surface area contributed by atoms with Crippen molar-refractivity contribution < 1.29 is 22.7 Å². The van der Waals surface area contributed by atoms with E-state index in [0.29, 0.717) is 43.6 Å². The Morgan fingerprint density at radius 2 is 1.60 bits per heavy atom. The Balaban J connectivity index is 1.39. The fourth-order valence-electron chi connectivity index (χ4n) is 4.25. The Kier molecular flexibility index (Phi) is 6.97. The van der Waals surface area contributed by atoms with Crippen molar-refractivity contribution in [3.8, 4) is 5.75 Å². The van der Waals surface area contributed by atoms with Gasteiger partial charge >= 0.3 is 12.1 Å². The molecule has 8 nitrogen and oxygen atoms in total. The molecule has 0 atom stereocenters. The largest absolute Gasteiger partial charge is 0.573 e. The van der Waals surface area contributed by atoms with Gasteiger partial charge in [-0.15, -0.1) is 13.2 Å². The van der Waals surface area contributed by atoms with Gasteiger partial charge < -0.3 is 9.64 Å². The SMILES string of the molecule is CCn1c(=O)c2ccccc2n(CC(=O)N2CCN(Cc3ccc(OC(F)(F)F)cc3)CC2)c1=O. The molecule has 1 amide bonds. The summed E-state index contributed by atoms with van der Waals surface area (Å²) in [4.78, 5) is 42.3. The second-order valence-electron chi connectivity index (χ2n) is 8.28. The zero-order valence-corrected chi connectivity index (χ0v) is 19.1. The van der Waals surface area contributed by atoms with E-state index in [0.717, 1.165) is 10.1 Å². The van der Waals surface area contributed by atoms with Crippen LogP contribution in [0.2, 0.25) is 0 Å². The molecule has 0 radical (unpaired) electrons. The smallest absolute Gasteiger partial charge is 0.406 e. The van der Waals surface area contributed by atoms with Gasteiger partial charge in [0.1, 0.15) is 12.3 Å². The average Bonchev–Trinajstić information content (AvgIpc) is 2.83. The van der Waals surface area contributed by atoms with Gasteiger partial charge in [0.05, 0.1) is 10.9 Å². The number of carbonyl (C=O) groups is 1. The summed E-state index contributed by atoms with van der Waals surface area (Å²) in [5.41, 5.74) is 0.376. The number of benzene rings is 2. The molecule has 186 valence electrons. The second kappa shape index (κ2) is 9.95. The molecule has 0 N–H and O–H groups in total. The van der Waals surface area contributed by atoms with Crippen molar-refractivity contribution in [2.75, 3.05) is 26.2 Å². The highest BCUT2D eigenvalue weighted by Gasteiger charge is 2.31. The summed E-state index contributed by atoms with van der Waals surface area (Å²) >= 11 is 0. The lowest BCUT2D eigenvalue weighted by Gasteiger charge is -2.35. The molecule has 1 fully saturated rings. The Morgan fingerprint density at radius 3 is 2.23 bits per heavy atom. The van der Waals surface area contributed by atoms with Crippen molar-refractivity contribution in [1.29, 1.82) is 0 Å². The molecule has 0 unspecified atom stereocenters. The van der Waals surface area contributed by atoms with E-state index in [-0.39, 0.29) is 30.3 Å². The molecule has 0 aliphatic carbocycles. The van der Waals surface area contributed by atoms with E-state index in [1.54, 1.807) is 48.2 Å². The summed E-state index contributed by atoms with van der Waals surface area (Å²) in [5.74, 6) is -0.485. The van der Waals surface area contributed by atoms with Crippen LogP contribution in [0.5, 0.6) is 5.75 Å². The number of para-hydroxylation sites is 1. The Hall–Kier alpha value is -3.60. The van der Waals surface area contributed by atoms with Gasteiger partial charge in [-0.05, 0) is 36.8 Å². The number of hydrogen-bond acceptors (Lipinski definition) is 5. The third-order valence-electron chi connectivity index (χ3n) is 6.03. The van der Waals surface area contributed by atoms with Gasteiger partial charge in [0.15, 0.2) is 0 Å². The topological polar surface area (TPSA) is 76.8 Å². The summed E-state index contributed by atoms with van der Waals surface area (Å²) in [5, 5.41) is 0.387. The third kappa shape index (κ3) is 5.56. The van der Waals surface area contributed by atoms with Crippen molar-refractivity contribution in [2.24, 2.45) is 0 Å². The predicted octanol–water partition coefficient (Wildman–Crippen LogP) is 2.43. The number of hydrogen-bond donors (Lipinski definition) is 0. The first-order chi connectivity index (χ1) is 16.7.